The minimum absolute atomic E-state index is 0.0597. The zero-order valence-electron chi connectivity index (χ0n) is 12.4. The molecule has 19 heavy (non-hydrogen) atoms. The molecule has 0 aliphatic rings. The summed E-state index contributed by atoms with van der Waals surface area (Å²) in [5.41, 5.74) is 1.07. The summed E-state index contributed by atoms with van der Waals surface area (Å²) in [6.07, 6.45) is 1.25. The van der Waals surface area contributed by atoms with Crippen molar-refractivity contribution in [3.05, 3.63) is 48.4 Å². The molecule has 0 saturated heterocycles. The maximum absolute atomic E-state index is 11.0. The number of ketones is 1. The Balaban J connectivity index is 0.000000982. The van der Waals surface area contributed by atoms with Crippen LogP contribution in [0.15, 0.2) is 42.8 Å². The lowest BCUT2D eigenvalue weighted by Crippen LogP contribution is -2.32. The average molecular weight is 263 g/mol. The molecule has 3 nitrogen and oxygen atoms in total. The lowest BCUT2D eigenvalue weighted by Gasteiger charge is -2.15. The molecule has 0 saturated carbocycles. The number of nitrogens with one attached hydrogen (secondary N) is 1. The van der Waals surface area contributed by atoms with Crippen LogP contribution < -0.4 is 5.32 Å². The Bertz CT molecular complexity index is 374. The third-order valence-corrected chi connectivity index (χ3v) is 2.24. The molecular formula is C16H25NO2. The van der Waals surface area contributed by atoms with Crippen molar-refractivity contribution in [1.29, 1.82) is 0 Å². The Kier molecular flexibility index (Phi) is 9.23. The van der Waals surface area contributed by atoms with E-state index < -0.39 is 0 Å². The predicted octanol–water partition coefficient (Wildman–Crippen LogP) is 3.66. The summed E-state index contributed by atoms with van der Waals surface area (Å²) in [5.74, 6) is 0.482. The number of hydrogen-bond acceptors (Lipinski definition) is 3. The fraction of sp³-hybridized carbons (Fsp3) is 0.438. The fourth-order valence-corrected chi connectivity index (χ4v) is 1.13. The van der Waals surface area contributed by atoms with E-state index in [1.54, 1.807) is 6.92 Å². The molecular weight excluding hydrogens is 238 g/mol. The van der Waals surface area contributed by atoms with Crippen LogP contribution in [0.4, 0.5) is 0 Å². The van der Waals surface area contributed by atoms with Gasteiger partial charge in [0.25, 0.3) is 0 Å². The second-order valence-corrected chi connectivity index (χ2v) is 4.38. The van der Waals surface area contributed by atoms with E-state index >= 15 is 0 Å². The van der Waals surface area contributed by atoms with E-state index in [0.717, 1.165) is 5.56 Å². The molecule has 0 amide bonds. The summed E-state index contributed by atoms with van der Waals surface area (Å²) < 4.78 is 5.39. The van der Waals surface area contributed by atoms with Crippen molar-refractivity contribution in [1.82, 2.24) is 5.32 Å². The highest BCUT2D eigenvalue weighted by Gasteiger charge is 2.07. The number of rotatable bonds is 6. The maximum atomic E-state index is 11.0. The number of Topliss-reactive ketones (excluding diaryl/α,β-unsaturated/α-hetero) is 1. The molecule has 0 spiro atoms. The van der Waals surface area contributed by atoms with Crippen LogP contribution in [0.5, 0.6) is 0 Å². The summed E-state index contributed by atoms with van der Waals surface area (Å²) in [5, 5.41) is 2.88. The first-order valence-electron chi connectivity index (χ1n) is 6.63. The van der Waals surface area contributed by atoms with Crippen LogP contribution in [0.1, 0.15) is 39.7 Å². The minimum atomic E-state index is -0.261. The number of ether oxygens (including phenoxy) is 1. The molecule has 0 aromatic heterocycles. The van der Waals surface area contributed by atoms with Crippen LogP contribution in [0.2, 0.25) is 0 Å². The second-order valence-electron chi connectivity index (χ2n) is 4.38. The molecule has 0 aliphatic heterocycles. The van der Waals surface area contributed by atoms with Crippen LogP contribution in [-0.4, -0.2) is 11.8 Å². The molecule has 0 radical (unpaired) electrons. The molecule has 0 unspecified atom stereocenters. The number of hydrogen-bond donors (Lipinski definition) is 1. The normalized spacial score (nSPS) is 10.7. The molecule has 0 aliphatic carbocycles. The Labute approximate surface area is 116 Å². The van der Waals surface area contributed by atoms with Gasteiger partial charge in [0.2, 0.25) is 0 Å². The van der Waals surface area contributed by atoms with E-state index in [1.807, 2.05) is 30.3 Å². The topological polar surface area (TPSA) is 38.3 Å². The highest BCUT2D eigenvalue weighted by Crippen LogP contribution is 2.03. The van der Waals surface area contributed by atoms with Gasteiger partial charge in [0.1, 0.15) is 6.61 Å². The third-order valence-electron chi connectivity index (χ3n) is 2.24. The Morgan fingerprint density at radius 1 is 1.32 bits per heavy atom. The highest BCUT2D eigenvalue weighted by molar-refractivity contribution is 5.81. The summed E-state index contributed by atoms with van der Waals surface area (Å²) in [7, 11) is 0. The monoisotopic (exact) mass is 263 g/mol. The van der Waals surface area contributed by atoms with E-state index in [4.69, 9.17) is 4.74 Å². The molecule has 1 aromatic carbocycles. The quantitative estimate of drug-likeness (QED) is 0.796. The number of benzene rings is 1. The summed E-state index contributed by atoms with van der Waals surface area (Å²) in [6.45, 7) is 11.7. The highest BCUT2D eigenvalue weighted by atomic mass is 16.5. The Hall–Kier alpha value is -1.77. The van der Waals surface area contributed by atoms with Gasteiger partial charge in [-0.05, 0) is 26.0 Å². The smallest absolute Gasteiger partial charge is 0.180 e. The lowest BCUT2D eigenvalue weighted by atomic mass is 10.2. The molecule has 106 valence electrons. The molecule has 0 heterocycles. The minimum Gasteiger partial charge on any atom is -0.475 e. The van der Waals surface area contributed by atoms with E-state index in [2.05, 4.69) is 25.7 Å². The summed E-state index contributed by atoms with van der Waals surface area (Å²) in [4.78, 5) is 11.0. The number of carbonyl (C=O) groups is 1. The van der Waals surface area contributed by atoms with Crippen LogP contribution in [0.25, 0.3) is 0 Å². The first-order valence-corrected chi connectivity index (χ1v) is 6.63. The Morgan fingerprint density at radius 2 is 1.84 bits per heavy atom. The second kappa shape index (κ2) is 10.2. The van der Waals surface area contributed by atoms with Gasteiger partial charge in [-0.2, -0.15) is 0 Å². The summed E-state index contributed by atoms with van der Waals surface area (Å²) in [6, 6.07) is 9.54. The third kappa shape index (κ3) is 8.89. The van der Waals surface area contributed by atoms with Crippen molar-refractivity contribution in [2.75, 3.05) is 0 Å². The van der Waals surface area contributed by atoms with E-state index in [-0.39, 0.29) is 11.8 Å². The van der Waals surface area contributed by atoms with Gasteiger partial charge >= 0.3 is 0 Å². The van der Waals surface area contributed by atoms with E-state index in [0.29, 0.717) is 12.5 Å². The largest absolute Gasteiger partial charge is 0.475 e. The van der Waals surface area contributed by atoms with Crippen molar-refractivity contribution >= 4 is 5.78 Å². The molecule has 1 atom stereocenters. The van der Waals surface area contributed by atoms with Gasteiger partial charge in [-0.3, -0.25) is 4.79 Å². The van der Waals surface area contributed by atoms with Gasteiger partial charge in [-0.1, -0.05) is 50.6 Å². The fourth-order valence-electron chi connectivity index (χ4n) is 1.13. The molecule has 1 aromatic rings. The van der Waals surface area contributed by atoms with Gasteiger partial charge in [0, 0.05) is 0 Å². The maximum Gasteiger partial charge on any atom is 0.180 e. The van der Waals surface area contributed by atoms with Crippen LogP contribution >= 0.6 is 0 Å². The van der Waals surface area contributed by atoms with Crippen LogP contribution in [0.3, 0.4) is 0 Å². The first-order chi connectivity index (χ1) is 9.01. The van der Waals surface area contributed by atoms with E-state index in [9.17, 15) is 4.79 Å². The van der Waals surface area contributed by atoms with E-state index in [1.165, 1.54) is 13.3 Å². The molecule has 0 bridgehead atoms. The molecule has 0 fully saturated rings. The van der Waals surface area contributed by atoms with Crippen LogP contribution in [-0.2, 0) is 16.1 Å². The zero-order valence-corrected chi connectivity index (χ0v) is 12.4. The van der Waals surface area contributed by atoms with Gasteiger partial charge in [-0.25, -0.2) is 0 Å². The zero-order chi connectivity index (χ0) is 14.7. The predicted molar refractivity (Wildman–Crippen MR) is 79.6 cm³/mol. The van der Waals surface area contributed by atoms with Gasteiger partial charge in [0.05, 0.1) is 6.04 Å². The van der Waals surface area contributed by atoms with Gasteiger partial charge in [-0.15, -0.1) is 0 Å². The number of carbonyl (C=O) groups excluding carboxylic acids is 1. The molecule has 1 rings (SSSR count). The molecule has 3 heteroatoms. The summed E-state index contributed by atoms with van der Waals surface area (Å²) >= 11 is 0. The lowest BCUT2D eigenvalue weighted by molar-refractivity contribution is -0.118. The van der Waals surface area contributed by atoms with Crippen molar-refractivity contribution in [2.45, 2.75) is 46.8 Å². The standard InChI is InChI=1S/C13H17NO2.C3H8/c1-10(11(2)15)14-12(3)16-9-13-7-5-4-6-8-13;1-3-2/h4-8,10,14H,3,9H2,1-2H3;3H2,1-2H3/t10-;/m0./s1. The Morgan fingerprint density at radius 3 is 2.32 bits per heavy atom. The van der Waals surface area contributed by atoms with Crippen molar-refractivity contribution in [2.24, 2.45) is 0 Å². The van der Waals surface area contributed by atoms with Crippen molar-refractivity contribution in [3.8, 4) is 0 Å². The average Bonchev–Trinajstić information content (AvgIpc) is 2.38. The van der Waals surface area contributed by atoms with Crippen molar-refractivity contribution in [3.63, 3.8) is 0 Å². The van der Waals surface area contributed by atoms with Gasteiger partial charge < -0.3 is 10.1 Å². The van der Waals surface area contributed by atoms with Crippen molar-refractivity contribution < 1.29 is 9.53 Å². The van der Waals surface area contributed by atoms with Gasteiger partial charge in [0.15, 0.2) is 11.7 Å². The first kappa shape index (κ1) is 17.2. The molecule has 1 N–H and O–H groups in total. The SMILES string of the molecule is C=C(N[C@@H](C)C(C)=O)OCc1ccccc1.CCC. The van der Waals surface area contributed by atoms with Crippen LogP contribution in [0, 0.1) is 0 Å².